The molecule has 0 aliphatic heterocycles. The molecule has 0 saturated carbocycles. The van der Waals surface area contributed by atoms with Crippen LogP contribution in [0.2, 0.25) is 0 Å². The Labute approximate surface area is 87.0 Å². The second kappa shape index (κ2) is 3.66. The average molecular weight is 201 g/mol. The lowest BCUT2D eigenvalue weighted by atomic mass is 9.96. The summed E-state index contributed by atoms with van der Waals surface area (Å²) in [6, 6.07) is 5.64. The monoisotopic (exact) mass is 201 g/mol. The molecule has 2 rings (SSSR count). The van der Waals surface area contributed by atoms with Crippen LogP contribution in [0.15, 0.2) is 29.3 Å². The van der Waals surface area contributed by atoms with Crippen LogP contribution < -0.4 is 0 Å². The van der Waals surface area contributed by atoms with Crippen LogP contribution in [-0.4, -0.2) is 10.9 Å². The maximum atomic E-state index is 11.1. The van der Waals surface area contributed by atoms with E-state index in [-0.39, 0.29) is 5.78 Å². The van der Waals surface area contributed by atoms with E-state index in [9.17, 15) is 4.79 Å². The van der Waals surface area contributed by atoms with Gasteiger partial charge in [0.25, 0.3) is 0 Å². The van der Waals surface area contributed by atoms with E-state index in [1.165, 1.54) is 0 Å². The minimum Gasteiger partial charge on any atom is -0.294 e. The number of nitrogens with zero attached hydrogens (tertiary/aromatic N) is 1. The minimum atomic E-state index is 0.142. The number of allylic oxidation sites excluding steroid dienone is 1. The molecule has 0 bridgehead atoms. The number of carbonyl (C=O) groups excluding carboxylic acids is 1. The van der Waals surface area contributed by atoms with Gasteiger partial charge in [-0.2, -0.15) is 4.99 Å². The highest BCUT2D eigenvalue weighted by atomic mass is 32.1. The van der Waals surface area contributed by atoms with Crippen molar-refractivity contribution in [1.82, 2.24) is 0 Å². The first kappa shape index (κ1) is 9.00. The van der Waals surface area contributed by atoms with E-state index in [1.807, 2.05) is 24.3 Å². The zero-order valence-electron chi connectivity index (χ0n) is 7.36. The Morgan fingerprint density at radius 1 is 1.36 bits per heavy atom. The third kappa shape index (κ3) is 1.69. The molecule has 0 amide bonds. The highest BCUT2D eigenvalue weighted by Crippen LogP contribution is 2.22. The molecule has 0 radical (unpaired) electrons. The number of hydrogen-bond acceptors (Lipinski definition) is 3. The fourth-order valence-corrected chi connectivity index (χ4v) is 1.56. The molecule has 14 heavy (non-hydrogen) atoms. The molecule has 0 spiro atoms. The van der Waals surface area contributed by atoms with Gasteiger partial charge in [-0.05, 0) is 41.6 Å². The largest absolute Gasteiger partial charge is 0.294 e. The van der Waals surface area contributed by atoms with E-state index in [1.54, 1.807) is 6.08 Å². The lowest BCUT2D eigenvalue weighted by molar-refractivity contribution is -0.114. The number of ketones is 1. The molecule has 0 unspecified atom stereocenters. The Hall–Kier alpha value is -1.57. The van der Waals surface area contributed by atoms with Crippen LogP contribution in [0.3, 0.4) is 0 Å². The highest BCUT2D eigenvalue weighted by molar-refractivity contribution is 7.78. The summed E-state index contributed by atoms with van der Waals surface area (Å²) in [5.74, 6) is 0.142. The highest BCUT2D eigenvalue weighted by Gasteiger charge is 2.09. The van der Waals surface area contributed by atoms with Gasteiger partial charge in [-0.15, -0.1) is 0 Å². The molecule has 2 nitrogen and oxygen atoms in total. The van der Waals surface area contributed by atoms with Gasteiger partial charge in [0, 0.05) is 6.42 Å². The van der Waals surface area contributed by atoms with E-state index in [4.69, 9.17) is 0 Å². The van der Waals surface area contributed by atoms with E-state index in [0.29, 0.717) is 6.42 Å². The van der Waals surface area contributed by atoms with E-state index < -0.39 is 0 Å². The van der Waals surface area contributed by atoms with E-state index in [0.717, 1.165) is 16.8 Å². The Morgan fingerprint density at radius 3 is 3.00 bits per heavy atom. The quantitative estimate of drug-likeness (QED) is 0.516. The first-order valence-electron chi connectivity index (χ1n) is 4.21. The predicted octanol–water partition coefficient (Wildman–Crippen LogP) is 2.56. The second-order valence-corrected chi connectivity index (χ2v) is 3.25. The predicted molar refractivity (Wildman–Crippen MR) is 58.9 cm³/mol. The number of isothiocyanates is 1. The van der Waals surface area contributed by atoms with Crippen LogP contribution in [0, 0.1) is 0 Å². The van der Waals surface area contributed by atoms with Crippen molar-refractivity contribution in [1.29, 1.82) is 0 Å². The van der Waals surface area contributed by atoms with Gasteiger partial charge in [-0.1, -0.05) is 12.1 Å². The molecule has 1 aliphatic rings. The number of hydrogen-bond donors (Lipinski definition) is 0. The van der Waals surface area contributed by atoms with E-state index >= 15 is 0 Å². The van der Waals surface area contributed by atoms with Crippen LogP contribution in [0.5, 0.6) is 0 Å². The first-order chi connectivity index (χ1) is 6.79. The van der Waals surface area contributed by atoms with Crippen LogP contribution >= 0.6 is 12.2 Å². The summed E-state index contributed by atoms with van der Waals surface area (Å²) < 4.78 is 0. The number of carbonyl (C=O) groups is 1. The van der Waals surface area contributed by atoms with Crippen LogP contribution in [0.4, 0.5) is 5.69 Å². The Morgan fingerprint density at radius 2 is 2.21 bits per heavy atom. The molecular weight excluding hydrogens is 194 g/mol. The van der Waals surface area contributed by atoms with Crippen molar-refractivity contribution in [2.75, 3.05) is 0 Å². The minimum absolute atomic E-state index is 0.142. The van der Waals surface area contributed by atoms with Crippen molar-refractivity contribution in [3.8, 4) is 0 Å². The summed E-state index contributed by atoms with van der Waals surface area (Å²) >= 11 is 4.52. The van der Waals surface area contributed by atoms with Gasteiger partial charge < -0.3 is 0 Å². The molecule has 0 aromatic heterocycles. The average Bonchev–Trinajstić information content (AvgIpc) is 2.19. The normalized spacial score (nSPS) is 13.3. The Kier molecular flexibility index (Phi) is 2.35. The Balaban J connectivity index is 2.48. The maximum Gasteiger partial charge on any atom is 0.160 e. The smallest absolute Gasteiger partial charge is 0.160 e. The van der Waals surface area contributed by atoms with Gasteiger partial charge in [-0.3, -0.25) is 4.79 Å². The van der Waals surface area contributed by atoms with Gasteiger partial charge >= 0.3 is 0 Å². The van der Waals surface area contributed by atoms with Crippen molar-refractivity contribution in [3.05, 3.63) is 35.4 Å². The standard InChI is InChI=1S/C11H7NOS/c13-11-4-2-8-5-10(12-7-14)3-1-9(8)6-11/h1-5H,6H2. The summed E-state index contributed by atoms with van der Waals surface area (Å²) in [6.45, 7) is 0. The molecule has 0 atom stereocenters. The first-order valence-corrected chi connectivity index (χ1v) is 4.62. The fourth-order valence-electron chi connectivity index (χ4n) is 1.45. The van der Waals surface area contributed by atoms with Crippen molar-refractivity contribution in [3.63, 3.8) is 0 Å². The number of fused-ring (bicyclic) bond motifs is 1. The van der Waals surface area contributed by atoms with Crippen molar-refractivity contribution < 1.29 is 4.79 Å². The van der Waals surface area contributed by atoms with Gasteiger partial charge in [0.2, 0.25) is 0 Å². The molecule has 68 valence electrons. The molecule has 1 aromatic rings. The van der Waals surface area contributed by atoms with Crippen molar-refractivity contribution >= 4 is 34.9 Å². The number of rotatable bonds is 1. The van der Waals surface area contributed by atoms with Crippen LogP contribution in [-0.2, 0) is 11.2 Å². The van der Waals surface area contributed by atoms with Crippen LogP contribution in [0.1, 0.15) is 11.1 Å². The lowest BCUT2D eigenvalue weighted by Crippen LogP contribution is -2.04. The maximum absolute atomic E-state index is 11.1. The van der Waals surface area contributed by atoms with Gasteiger partial charge in [-0.25, -0.2) is 0 Å². The third-order valence-corrected chi connectivity index (χ3v) is 2.21. The van der Waals surface area contributed by atoms with E-state index in [2.05, 4.69) is 22.4 Å². The summed E-state index contributed by atoms with van der Waals surface area (Å²) in [6.07, 6.45) is 3.88. The zero-order valence-corrected chi connectivity index (χ0v) is 8.17. The molecular formula is C11H7NOS. The summed E-state index contributed by atoms with van der Waals surface area (Å²) in [7, 11) is 0. The van der Waals surface area contributed by atoms with Crippen LogP contribution in [0.25, 0.3) is 6.08 Å². The number of benzene rings is 1. The SMILES string of the molecule is O=C1C=Cc2cc(N=C=S)ccc2C1. The number of thiocarbonyl (C=S) groups is 1. The summed E-state index contributed by atoms with van der Waals surface area (Å²) in [5, 5.41) is 2.32. The van der Waals surface area contributed by atoms with Gasteiger partial charge in [0.15, 0.2) is 5.78 Å². The lowest BCUT2D eigenvalue weighted by Gasteiger charge is -2.08. The summed E-state index contributed by atoms with van der Waals surface area (Å²) in [5.41, 5.74) is 2.86. The molecule has 0 saturated heterocycles. The second-order valence-electron chi connectivity index (χ2n) is 3.06. The summed E-state index contributed by atoms with van der Waals surface area (Å²) in [4.78, 5) is 15.0. The topological polar surface area (TPSA) is 29.4 Å². The molecule has 0 heterocycles. The van der Waals surface area contributed by atoms with Crippen molar-refractivity contribution in [2.45, 2.75) is 6.42 Å². The number of aliphatic imine (C=N–C) groups is 1. The molecule has 0 N–H and O–H groups in total. The molecule has 1 aliphatic carbocycles. The zero-order chi connectivity index (χ0) is 9.97. The molecule has 0 fully saturated rings. The molecule has 1 aromatic carbocycles. The molecule has 3 heteroatoms. The Bertz CT molecular complexity index is 470. The van der Waals surface area contributed by atoms with Gasteiger partial charge in [0.05, 0.1) is 10.8 Å². The van der Waals surface area contributed by atoms with Crippen molar-refractivity contribution in [2.24, 2.45) is 4.99 Å². The third-order valence-electron chi connectivity index (χ3n) is 2.12. The fraction of sp³-hybridized carbons (Fsp3) is 0.0909. The van der Waals surface area contributed by atoms with Gasteiger partial charge in [0.1, 0.15) is 0 Å².